The molecular weight excluding hydrogens is 507 g/mol. The van der Waals surface area contributed by atoms with Gasteiger partial charge in [-0.15, -0.1) is 0 Å². The molecule has 0 radical (unpaired) electrons. The van der Waals surface area contributed by atoms with Crippen LogP contribution in [-0.2, 0) is 22.3 Å². The van der Waals surface area contributed by atoms with Crippen LogP contribution in [0.2, 0.25) is 0 Å². The summed E-state index contributed by atoms with van der Waals surface area (Å²) in [6, 6.07) is 19.0. The van der Waals surface area contributed by atoms with Crippen molar-refractivity contribution >= 4 is 46.1 Å². The Morgan fingerprint density at radius 3 is 2.22 bits per heavy atom. The summed E-state index contributed by atoms with van der Waals surface area (Å²) in [7, 11) is 0. The third kappa shape index (κ3) is 6.56. The molecule has 0 saturated carbocycles. The number of aromatic carboxylic acids is 1. The van der Waals surface area contributed by atoms with E-state index in [2.05, 4.69) is 10.3 Å². The quantitative estimate of drug-likeness (QED) is 0.419. The van der Waals surface area contributed by atoms with Gasteiger partial charge < -0.3 is 10.4 Å². The fourth-order valence-electron chi connectivity index (χ4n) is 3.55. The van der Waals surface area contributed by atoms with E-state index >= 15 is 0 Å². The van der Waals surface area contributed by atoms with Crippen LogP contribution in [0.3, 0.4) is 0 Å². The summed E-state index contributed by atoms with van der Waals surface area (Å²) in [4.78, 5) is 42.7. The number of nitrogens with one attached hydrogen (secondary N) is 1. The Labute approximate surface area is 214 Å². The minimum atomic E-state index is -4.48. The number of amides is 2. The number of anilines is 1. The first-order valence-corrected chi connectivity index (χ1v) is 11.9. The first-order valence-electron chi connectivity index (χ1n) is 11.0. The SMILES string of the molecule is O=C(CC1SC(=Nc2ccc(C(F)(F)F)cc2)N(Cc2ccccc2)C1=O)Nc1ccc(C(=O)O)cc1. The van der Waals surface area contributed by atoms with Gasteiger partial charge >= 0.3 is 12.1 Å². The van der Waals surface area contributed by atoms with Crippen LogP contribution in [0.15, 0.2) is 83.9 Å². The van der Waals surface area contributed by atoms with E-state index in [0.717, 1.165) is 29.5 Å². The lowest BCUT2D eigenvalue weighted by Gasteiger charge is -2.16. The summed E-state index contributed by atoms with van der Waals surface area (Å²) < 4.78 is 38.7. The fraction of sp³-hybridized carbons (Fsp3) is 0.154. The summed E-state index contributed by atoms with van der Waals surface area (Å²) in [5, 5.41) is 11.1. The highest BCUT2D eigenvalue weighted by Crippen LogP contribution is 2.34. The van der Waals surface area contributed by atoms with Crippen molar-refractivity contribution in [2.45, 2.75) is 24.4 Å². The molecule has 1 aliphatic heterocycles. The zero-order valence-electron chi connectivity index (χ0n) is 19.1. The van der Waals surface area contributed by atoms with Crippen molar-refractivity contribution in [3.05, 3.63) is 95.6 Å². The molecule has 7 nitrogen and oxygen atoms in total. The lowest BCUT2D eigenvalue weighted by Crippen LogP contribution is -2.33. The van der Waals surface area contributed by atoms with Gasteiger partial charge in [0, 0.05) is 12.1 Å². The number of carboxylic acids is 1. The molecule has 3 aromatic rings. The predicted octanol–water partition coefficient (Wildman–Crippen LogP) is 5.56. The van der Waals surface area contributed by atoms with Gasteiger partial charge in [0.15, 0.2) is 5.17 Å². The van der Waals surface area contributed by atoms with E-state index in [1.165, 1.54) is 41.3 Å². The zero-order valence-corrected chi connectivity index (χ0v) is 19.9. The monoisotopic (exact) mass is 527 g/mol. The standard InChI is InChI=1S/C26H20F3N3O4S/c27-26(28,29)18-8-12-20(13-9-18)31-25-32(15-16-4-2-1-3-5-16)23(34)21(37-25)14-22(33)30-19-10-6-17(7-11-19)24(35)36/h1-13,21H,14-15H2,(H,30,33)(H,35,36). The van der Waals surface area contributed by atoms with E-state index in [1.54, 1.807) is 0 Å². The second kappa shape index (κ2) is 10.9. The molecule has 4 rings (SSSR count). The van der Waals surface area contributed by atoms with Crippen LogP contribution in [0.25, 0.3) is 0 Å². The molecule has 0 aliphatic carbocycles. The van der Waals surface area contributed by atoms with Gasteiger partial charge in [0.25, 0.3) is 0 Å². The first-order chi connectivity index (χ1) is 17.6. The minimum Gasteiger partial charge on any atom is -0.478 e. The summed E-state index contributed by atoms with van der Waals surface area (Å²) in [5.74, 6) is -1.90. The molecule has 0 aromatic heterocycles. The maximum Gasteiger partial charge on any atom is 0.416 e. The Kier molecular flexibility index (Phi) is 7.63. The Bertz CT molecular complexity index is 1330. The number of hydrogen-bond acceptors (Lipinski definition) is 5. The number of carbonyl (C=O) groups is 3. The maximum atomic E-state index is 13.2. The smallest absolute Gasteiger partial charge is 0.416 e. The molecule has 1 aliphatic rings. The molecule has 37 heavy (non-hydrogen) atoms. The Balaban J connectivity index is 1.52. The highest BCUT2D eigenvalue weighted by Gasteiger charge is 2.39. The highest BCUT2D eigenvalue weighted by atomic mass is 32.2. The van der Waals surface area contributed by atoms with Crippen molar-refractivity contribution in [2.75, 3.05) is 5.32 Å². The average Bonchev–Trinajstić information content (AvgIpc) is 3.13. The number of hydrogen-bond donors (Lipinski definition) is 2. The van der Waals surface area contributed by atoms with E-state index in [9.17, 15) is 27.6 Å². The molecule has 1 saturated heterocycles. The Hall–Kier alpha value is -4.12. The van der Waals surface area contributed by atoms with Crippen LogP contribution in [0.4, 0.5) is 24.5 Å². The topological polar surface area (TPSA) is 99.1 Å². The number of carboxylic acid groups (broad SMARTS) is 1. The molecule has 2 amide bonds. The van der Waals surface area contributed by atoms with Crippen molar-refractivity contribution in [3.63, 3.8) is 0 Å². The average molecular weight is 528 g/mol. The highest BCUT2D eigenvalue weighted by molar-refractivity contribution is 8.15. The fourth-order valence-corrected chi connectivity index (χ4v) is 4.71. The van der Waals surface area contributed by atoms with E-state index in [4.69, 9.17) is 5.11 Å². The molecule has 1 unspecified atom stereocenters. The van der Waals surface area contributed by atoms with Gasteiger partial charge in [0.05, 0.1) is 23.4 Å². The number of carbonyl (C=O) groups excluding carboxylic acids is 2. The van der Waals surface area contributed by atoms with E-state index in [0.29, 0.717) is 5.69 Å². The number of rotatable bonds is 7. The second-order valence-corrected chi connectivity index (χ2v) is 9.26. The number of alkyl halides is 3. The molecular formula is C26H20F3N3O4S. The van der Waals surface area contributed by atoms with Crippen LogP contribution in [-0.4, -0.2) is 38.2 Å². The van der Waals surface area contributed by atoms with Crippen LogP contribution in [0.5, 0.6) is 0 Å². The van der Waals surface area contributed by atoms with Gasteiger partial charge in [-0.1, -0.05) is 42.1 Å². The molecule has 1 heterocycles. The van der Waals surface area contributed by atoms with Crippen molar-refractivity contribution in [1.29, 1.82) is 0 Å². The number of benzene rings is 3. The van der Waals surface area contributed by atoms with Gasteiger partial charge in [0.1, 0.15) is 5.25 Å². The third-order valence-electron chi connectivity index (χ3n) is 5.41. The van der Waals surface area contributed by atoms with E-state index in [1.807, 2.05) is 30.3 Å². The van der Waals surface area contributed by atoms with Crippen molar-refractivity contribution in [3.8, 4) is 0 Å². The second-order valence-electron chi connectivity index (χ2n) is 8.09. The molecule has 11 heteroatoms. The predicted molar refractivity (Wildman–Crippen MR) is 134 cm³/mol. The molecule has 3 aromatic carbocycles. The van der Waals surface area contributed by atoms with Crippen LogP contribution < -0.4 is 5.32 Å². The zero-order chi connectivity index (χ0) is 26.6. The van der Waals surface area contributed by atoms with Crippen molar-refractivity contribution < 1.29 is 32.7 Å². The van der Waals surface area contributed by atoms with E-state index in [-0.39, 0.29) is 35.3 Å². The van der Waals surface area contributed by atoms with Gasteiger partial charge in [-0.2, -0.15) is 13.2 Å². The molecule has 190 valence electrons. The molecule has 2 N–H and O–H groups in total. The molecule has 1 atom stereocenters. The lowest BCUT2D eigenvalue weighted by molar-refractivity contribution is -0.137. The van der Waals surface area contributed by atoms with Gasteiger partial charge in [-0.25, -0.2) is 9.79 Å². The summed E-state index contributed by atoms with van der Waals surface area (Å²) in [5.41, 5.74) is 0.703. The summed E-state index contributed by atoms with van der Waals surface area (Å²) in [6.07, 6.45) is -4.66. The summed E-state index contributed by atoms with van der Waals surface area (Å²) >= 11 is 1.06. The maximum absolute atomic E-state index is 13.2. The number of thioether (sulfide) groups is 1. The Morgan fingerprint density at radius 1 is 0.973 bits per heavy atom. The van der Waals surface area contributed by atoms with Crippen LogP contribution >= 0.6 is 11.8 Å². The van der Waals surface area contributed by atoms with Gasteiger partial charge in [-0.3, -0.25) is 14.5 Å². The van der Waals surface area contributed by atoms with Crippen LogP contribution in [0.1, 0.15) is 27.9 Å². The van der Waals surface area contributed by atoms with Crippen molar-refractivity contribution in [2.24, 2.45) is 4.99 Å². The molecule has 0 bridgehead atoms. The lowest BCUT2D eigenvalue weighted by atomic mass is 10.2. The third-order valence-corrected chi connectivity index (χ3v) is 6.58. The largest absolute Gasteiger partial charge is 0.478 e. The Morgan fingerprint density at radius 2 is 1.62 bits per heavy atom. The summed E-state index contributed by atoms with van der Waals surface area (Å²) in [6.45, 7) is 0.181. The normalized spacial score (nSPS) is 16.7. The first kappa shape index (κ1) is 26.0. The molecule has 0 spiro atoms. The van der Waals surface area contributed by atoms with Crippen molar-refractivity contribution in [1.82, 2.24) is 4.90 Å². The van der Waals surface area contributed by atoms with Crippen LogP contribution in [0, 0.1) is 0 Å². The number of nitrogens with zero attached hydrogens (tertiary/aromatic N) is 2. The number of halogens is 3. The number of amidine groups is 1. The minimum absolute atomic E-state index is 0.0696. The van der Waals surface area contributed by atoms with Gasteiger partial charge in [-0.05, 0) is 54.1 Å². The van der Waals surface area contributed by atoms with Gasteiger partial charge in [0.2, 0.25) is 11.8 Å². The molecule has 1 fully saturated rings. The number of aliphatic imine (C=N–C) groups is 1. The van der Waals surface area contributed by atoms with E-state index < -0.39 is 28.9 Å².